The van der Waals surface area contributed by atoms with E-state index in [2.05, 4.69) is 20.7 Å². The number of thioether (sulfide) groups is 1. The fourth-order valence-corrected chi connectivity index (χ4v) is 5.53. The van der Waals surface area contributed by atoms with Crippen molar-refractivity contribution in [3.63, 3.8) is 0 Å². The molecule has 7 nitrogen and oxygen atoms in total. The van der Waals surface area contributed by atoms with E-state index in [0.717, 1.165) is 19.3 Å². The van der Waals surface area contributed by atoms with Gasteiger partial charge in [-0.15, -0.1) is 11.6 Å². The van der Waals surface area contributed by atoms with Gasteiger partial charge >= 0.3 is 0 Å². The van der Waals surface area contributed by atoms with E-state index in [1.165, 1.54) is 23.9 Å². The molecule has 4 rings (SSSR count). The second kappa shape index (κ2) is 9.01. The highest BCUT2D eigenvalue weighted by molar-refractivity contribution is 8.14. The van der Waals surface area contributed by atoms with Crippen LogP contribution in [0.1, 0.15) is 32.6 Å². The van der Waals surface area contributed by atoms with Gasteiger partial charge in [-0.2, -0.15) is 5.10 Å². The van der Waals surface area contributed by atoms with Gasteiger partial charge in [0, 0.05) is 18.0 Å². The molecule has 1 saturated heterocycles. The third-order valence-corrected chi connectivity index (χ3v) is 7.07. The largest absolute Gasteiger partial charge is 0.323 e. The predicted molar refractivity (Wildman–Crippen MR) is 116 cm³/mol. The van der Waals surface area contributed by atoms with Gasteiger partial charge in [0.1, 0.15) is 5.82 Å². The lowest BCUT2D eigenvalue weighted by atomic mass is 9.81. The SMILES string of the molecule is CCCN1C(=O)C2CC(Cl)CCC2N2C(SCC(=O)Nc3ccccc3F)=NNC12. The number of anilines is 1. The number of alkyl halides is 1. The normalized spacial score (nSPS) is 27.8. The Balaban J connectivity index is 1.45. The number of amidine groups is 1. The molecule has 2 heterocycles. The maximum absolute atomic E-state index is 13.8. The minimum atomic E-state index is -0.471. The Bertz CT molecular complexity index is 856. The maximum atomic E-state index is 13.8. The molecule has 0 bridgehead atoms. The molecule has 0 aromatic heterocycles. The number of hydrogen-bond acceptors (Lipinski definition) is 6. The Morgan fingerprint density at radius 1 is 1.40 bits per heavy atom. The van der Waals surface area contributed by atoms with Gasteiger partial charge in [0.05, 0.1) is 17.4 Å². The zero-order valence-corrected chi connectivity index (χ0v) is 18.3. The molecule has 2 aliphatic heterocycles. The van der Waals surface area contributed by atoms with E-state index < -0.39 is 5.82 Å². The molecule has 0 spiro atoms. The fraction of sp³-hybridized carbons (Fsp3) is 0.550. The van der Waals surface area contributed by atoms with E-state index in [-0.39, 0.29) is 46.9 Å². The molecule has 30 heavy (non-hydrogen) atoms. The van der Waals surface area contributed by atoms with Crippen molar-refractivity contribution in [1.82, 2.24) is 15.2 Å². The van der Waals surface area contributed by atoms with E-state index >= 15 is 0 Å². The molecule has 1 aromatic rings. The molecule has 2 N–H and O–H groups in total. The molecule has 1 aromatic carbocycles. The molecule has 2 fully saturated rings. The van der Waals surface area contributed by atoms with Crippen LogP contribution in [-0.4, -0.2) is 56.8 Å². The number of halogens is 2. The van der Waals surface area contributed by atoms with Crippen LogP contribution in [0.2, 0.25) is 0 Å². The number of amides is 2. The minimum Gasteiger partial charge on any atom is -0.323 e. The smallest absolute Gasteiger partial charge is 0.234 e. The number of hydrazone groups is 1. The van der Waals surface area contributed by atoms with Gasteiger partial charge in [0.25, 0.3) is 0 Å². The number of carbonyl (C=O) groups excluding carboxylic acids is 2. The number of nitrogens with zero attached hydrogens (tertiary/aromatic N) is 3. The average Bonchev–Trinajstić information content (AvgIpc) is 3.15. The van der Waals surface area contributed by atoms with E-state index in [9.17, 15) is 14.0 Å². The van der Waals surface area contributed by atoms with Crippen LogP contribution in [0.3, 0.4) is 0 Å². The van der Waals surface area contributed by atoms with Gasteiger partial charge in [-0.1, -0.05) is 30.8 Å². The summed E-state index contributed by atoms with van der Waals surface area (Å²) >= 11 is 7.66. The number of hydrogen-bond donors (Lipinski definition) is 2. The maximum Gasteiger partial charge on any atom is 0.234 e. The van der Waals surface area contributed by atoms with E-state index in [1.807, 2.05) is 11.8 Å². The molecule has 4 atom stereocenters. The molecule has 1 aliphatic carbocycles. The topological polar surface area (TPSA) is 77.0 Å². The van der Waals surface area contributed by atoms with Crippen LogP contribution < -0.4 is 10.7 Å². The van der Waals surface area contributed by atoms with E-state index in [0.29, 0.717) is 18.1 Å². The highest BCUT2D eigenvalue weighted by Gasteiger charge is 2.51. The summed E-state index contributed by atoms with van der Waals surface area (Å²) in [6.45, 7) is 2.66. The first-order chi connectivity index (χ1) is 14.5. The second-order valence-electron chi connectivity index (χ2n) is 7.74. The Kier molecular flexibility index (Phi) is 6.38. The lowest BCUT2D eigenvalue weighted by molar-refractivity contribution is -0.155. The lowest BCUT2D eigenvalue weighted by Gasteiger charge is -2.51. The van der Waals surface area contributed by atoms with Crippen LogP contribution in [0.4, 0.5) is 10.1 Å². The first kappa shape index (κ1) is 21.2. The number of fused-ring (bicyclic) bond motifs is 3. The van der Waals surface area contributed by atoms with Gasteiger partial charge in [-0.25, -0.2) is 4.39 Å². The summed E-state index contributed by atoms with van der Waals surface area (Å²) < 4.78 is 13.8. The number of carbonyl (C=O) groups is 2. The standard InChI is InChI=1S/C20H25ClFN5O2S/c1-2-9-26-18(29)13-10-12(21)7-8-16(13)27-19(26)24-25-20(27)30-11-17(28)23-15-6-4-3-5-14(15)22/h3-6,12-13,16,19,24H,2,7-11H2,1H3,(H,23,28). The van der Waals surface area contributed by atoms with Gasteiger partial charge in [0.2, 0.25) is 11.8 Å². The number of rotatable bonds is 5. The zero-order chi connectivity index (χ0) is 21.3. The molecule has 162 valence electrons. The summed E-state index contributed by atoms with van der Waals surface area (Å²) in [7, 11) is 0. The number of nitrogens with one attached hydrogen (secondary N) is 2. The fourth-order valence-electron chi connectivity index (χ4n) is 4.37. The molecule has 10 heteroatoms. The van der Waals surface area contributed by atoms with E-state index in [4.69, 9.17) is 11.6 Å². The van der Waals surface area contributed by atoms with Gasteiger partial charge < -0.3 is 15.1 Å². The predicted octanol–water partition coefficient (Wildman–Crippen LogP) is 2.99. The lowest BCUT2D eigenvalue weighted by Crippen LogP contribution is -2.67. The Hall–Kier alpha value is -2.00. The van der Waals surface area contributed by atoms with Crippen molar-refractivity contribution in [1.29, 1.82) is 0 Å². The Morgan fingerprint density at radius 3 is 2.97 bits per heavy atom. The van der Waals surface area contributed by atoms with Crippen LogP contribution in [0, 0.1) is 11.7 Å². The van der Waals surface area contributed by atoms with Crippen LogP contribution in [-0.2, 0) is 9.59 Å². The van der Waals surface area contributed by atoms with E-state index in [1.54, 1.807) is 12.1 Å². The van der Waals surface area contributed by atoms with Gasteiger partial charge in [-0.3, -0.25) is 15.0 Å². The average molecular weight is 454 g/mol. The van der Waals surface area contributed by atoms with Crippen LogP contribution >= 0.6 is 23.4 Å². The van der Waals surface area contributed by atoms with Crippen molar-refractivity contribution in [2.24, 2.45) is 11.0 Å². The van der Waals surface area contributed by atoms with Crippen LogP contribution in [0.5, 0.6) is 0 Å². The van der Waals surface area contributed by atoms with Crippen molar-refractivity contribution in [2.45, 2.75) is 50.3 Å². The number of benzene rings is 1. The first-order valence-corrected chi connectivity index (χ1v) is 11.6. The Morgan fingerprint density at radius 2 is 2.20 bits per heavy atom. The molecule has 3 aliphatic rings. The summed E-state index contributed by atoms with van der Waals surface area (Å²) in [6, 6.07) is 6.09. The van der Waals surface area contributed by atoms with Crippen LogP contribution in [0.25, 0.3) is 0 Å². The van der Waals surface area contributed by atoms with Crippen molar-refractivity contribution >= 4 is 46.0 Å². The first-order valence-electron chi connectivity index (χ1n) is 10.2. The van der Waals surface area contributed by atoms with Crippen molar-refractivity contribution in [3.05, 3.63) is 30.1 Å². The molecule has 0 radical (unpaired) electrons. The summed E-state index contributed by atoms with van der Waals surface area (Å²) in [5.41, 5.74) is 3.23. The second-order valence-corrected chi connectivity index (χ2v) is 9.30. The van der Waals surface area contributed by atoms with Gasteiger partial charge in [0.15, 0.2) is 11.5 Å². The molecular weight excluding hydrogens is 429 g/mol. The quantitative estimate of drug-likeness (QED) is 0.670. The highest BCUT2D eigenvalue weighted by Crippen LogP contribution is 2.40. The van der Waals surface area contributed by atoms with Crippen molar-refractivity contribution in [3.8, 4) is 0 Å². The molecule has 1 saturated carbocycles. The summed E-state index contributed by atoms with van der Waals surface area (Å²) in [5.74, 6) is -0.728. The number of para-hydroxylation sites is 1. The third-order valence-electron chi connectivity index (χ3n) is 5.71. The molecular formula is C20H25ClFN5O2S. The Labute approximate surface area is 184 Å². The highest BCUT2D eigenvalue weighted by atomic mass is 35.5. The van der Waals surface area contributed by atoms with Crippen molar-refractivity contribution in [2.75, 3.05) is 17.6 Å². The van der Waals surface area contributed by atoms with Crippen molar-refractivity contribution < 1.29 is 14.0 Å². The molecule has 4 unspecified atom stereocenters. The van der Waals surface area contributed by atoms with Gasteiger partial charge in [-0.05, 0) is 37.8 Å². The summed E-state index contributed by atoms with van der Waals surface area (Å²) in [4.78, 5) is 29.4. The summed E-state index contributed by atoms with van der Waals surface area (Å²) in [5, 5.41) is 7.71. The third kappa shape index (κ3) is 4.09. The minimum absolute atomic E-state index is 0.00498. The monoisotopic (exact) mass is 453 g/mol. The summed E-state index contributed by atoms with van der Waals surface area (Å²) in [6.07, 6.45) is 2.82. The molecule has 2 amide bonds. The zero-order valence-electron chi connectivity index (χ0n) is 16.7. The van der Waals surface area contributed by atoms with Crippen LogP contribution in [0.15, 0.2) is 29.4 Å².